The Bertz CT molecular complexity index is 695. The highest BCUT2D eigenvalue weighted by atomic mass is 127. The molecule has 0 N–H and O–H groups in total. The summed E-state index contributed by atoms with van der Waals surface area (Å²) in [6.07, 6.45) is 1.05. The van der Waals surface area contributed by atoms with Crippen molar-refractivity contribution in [2.24, 2.45) is 0 Å². The zero-order valence-electron chi connectivity index (χ0n) is 13.1. The molecule has 114 valence electrons. The van der Waals surface area contributed by atoms with Crippen molar-refractivity contribution in [1.82, 2.24) is 0 Å². The van der Waals surface area contributed by atoms with Crippen LogP contribution < -0.4 is 0 Å². The summed E-state index contributed by atoms with van der Waals surface area (Å²) in [7, 11) is 2.21. The van der Waals surface area contributed by atoms with Gasteiger partial charge in [-0.2, -0.15) is 0 Å². The van der Waals surface area contributed by atoms with E-state index in [1.54, 1.807) is 0 Å². The fraction of sp³-hybridized carbons (Fsp3) is 0.316. The number of nitrogens with zero attached hydrogens (tertiary/aromatic N) is 1. The van der Waals surface area contributed by atoms with Crippen molar-refractivity contribution in [2.45, 2.75) is 25.9 Å². The molecule has 0 spiro atoms. The van der Waals surface area contributed by atoms with Gasteiger partial charge in [-0.25, -0.2) is 0 Å². The summed E-state index contributed by atoms with van der Waals surface area (Å²) in [6.45, 7) is 3.76. The van der Waals surface area contributed by atoms with Crippen molar-refractivity contribution < 1.29 is 9.28 Å². The summed E-state index contributed by atoms with van der Waals surface area (Å²) < 4.78 is 1.96. The standard InChI is InChI=1S/C19H21INO/c1-14-11-16-5-3-4-6-17(16)12-21(14,2)13-19(22)15-7-9-18(20)10-8-15/h3-10,14H,11-13H2,1-2H3/q+1. The minimum Gasteiger partial charge on any atom is -0.313 e. The van der Waals surface area contributed by atoms with E-state index >= 15 is 0 Å². The van der Waals surface area contributed by atoms with Crippen LogP contribution in [0, 0.1) is 3.57 Å². The van der Waals surface area contributed by atoms with E-state index in [1.807, 2.05) is 24.3 Å². The highest BCUT2D eigenvalue weighted by molar-refractivity contribution is 14.1. The molecule has 0 aromatic heterocycles. The second-order valence-electron chi connectivity index (χ2n) is 6.55. The molecule has 3 heteroatoms. The van der Waals surface area contributed by atoms with Gasteiger partial charge in [0.1, 0.15) is 13.1 Å². The minimum atomic E-state index is 0.241. The Hall–Kier alpha value is -1.20. The van der Waals surface area contributed by atoms with Gasteiger partial charge in [0.15, 0.2) is 0 Å². The third-order valence-electron chi connectivity index (χ3n) is 4.90. The lowest BCUT2D eigenvalue weighted by Gasteiger charge is -2.43. The average Bonchev–Trinajstić information content (AvgIpc) is 2.49. The highest BCUT2D eigenvalue weighted by Gasteiger charge is 2.36. The van der Waals surface area contributed by atoms with E-state index in [0.29, 0.717) is 12.6 Å². The van der Waals surface area contributed by atoms with Crippen LogP contribution in [0.4, 0.5) is 0 Å². The number of Topliss-reactive ketones (excluding diaryl/α,β-unsaturated/α-hetero) is 1. The van der Waals surface area contributed by atoms with Gasteiger partial charge in [-0.1, -0.05) is 36.4 Å². The van der Waals surface area contributed by atoms with Crippen LogP contribution in [0.1, 0.15) is 28.4 Å². The van der Waals surface area contributed by atoms with Crippen LogP contribution in [0.5, 0.6) is 0 Å². The fourth-order valence-corrected chi connectivity index (χ4v) is 3.62. The van der Waals surface area contributed by atoms with Gasteiger partial charge < -0.3 is 4.48 Å². The van der Waals surface area contributed by atoms with E-state index < -0.39 is 0 Å². The number of quaternary nitrogens is 1. The molecule has 0 bridgehead atoms. The molecule has 0 saturated carbocycles. The van der Waals surface area contributed by atoms with Crippen LogP contribution in [0.25, 0.3) is 0 Å². The number of carbonyl (C=O) groups excluding carboxylic acids is 1. The molecule has 0 fully saturated rings. The number of rotatable bonds is 3. The smallest absolute Gasteiger partial charge is 0.216 e. The monoisotopic (exact) mass is 406 g/mol. The van der Waals surface area contributed by atoms with Gasteiger partial charge in [0.05, 0.1) is 13.1 Å². The Morgan fingerprint density at radius 3 is 2.45 bits per heavy atom. The molecule has 0 saturated heterocycles. The maximum Gasteiger partial charge on any atom is 0.216 e. The van der Waals surface area contributed by atoms with E-state index in [2.05, 4.69) is 60.8 Å². The van der Waals surface area contributed by atoms with Crippen LogP contribution in [0.15, 0.2) is 48.5 Å². The Labute approximate surface area is 145 Å². The quantitative estimate of drug-likeness (QED) is 0.427. The first-order valence-electron chi connectivity index (χ1n) is 7.68. The summed E-state index contributed by atoms with van der Waals surface area (Å²) in [5.74, 6) is 0.241. The predicted octanol–water partition coefficient (Wildman–Crippen LogP) is 4.07. The Kier molecular flexibility index (Phi) is 4.37. The molecule has 0 amide bonds. The Morgan fingerprint density at radius 1 is 1.14 bits per heavy atom. The van der Waals surface area contributed by atoms with Crippen molar-refractivity contribution in [3.63, 3.8) is 0 Å². The number of hydrogen-bond donors (Lipinski definition) is 0. The number of benzene rings is 2. The Morgan fingerprint density at radius 2 is 1.77 bits per heavy atom. The van der Waals surface area contributed by atoms with Gasteiger partial charge in [0.25, 0.3) is 0 Å². The van der Waals surface area contributed by atoms with Gasteiger partial charge in [-0.15, -0.1) is 0 Å². The van der Waals surface area contributed by atoms with E-state index in [1.165, 1.54) is 11.1 Å². The van der Waals surface area contributed by atoms with Gasteiger partial charge in [0, 0.05) is 21.1 Å². The normalized spacial score (nSPS) is 23.9. The van der Waals surface area contributed by atoms with E-state index in [-0.39, 0.29) is 5.78 Å². The molecule has 1 heterocycles. The maximum absolute atomic E-state index is 12.7. The largest absolute Gasteiger partial charge is 0.313 e. The van der Waals surface area contributed by atoms with Crippen molar-refractivity contribution in [3.05, 3.63) is 68.8 Å². The molecule has 2 atom stereocenters. The molecule has 22 heavy (non-hydrogen) atoms. The van der Waals surface area contributed by atoms with E-state index in [9.17, 15) is 4.79 Å². The fourth-order valence-electron chi connectivity index (χ4n) is 3.26. The van der Waals surface area contributed by atoms with Crippen LogP contribution in [0.3, 0.4) is 0 Å². The van der Waals surface area contributed by atoms with Crippen LogP contribution in [-0.4, -0.2) is 29.9 Å². The molecule has 2 nitrogen and oxygen atoms in total. The van der Waals surface area contributed by atoms with Crippen LogP contribution in [-0.2, 0) is 13.0 Å². The molecule has 2 aromatic carbocycles. The summed E-state index contributed by atoms with van der Waals surface area (Å²) in [6, 6.07) is 17.0. The molecule has 1 aliphatic rings. The second-order valence-corrected chi connectivity index (χ2v) is 7.79. The topological polar surface area (TPSA) is 17.1 Å². The summed E-state index contributed by atoms with van der Waals surface area (Å²) >= 11 is 2.27. The lowest BCUT2D eigenvalue weighted by Crippen LogP contribution is -2.56. The lowest BCUT2D eigenvalue weighted by atomic mass is 9.92. The molecule has 2 aromatic rings. The number of carbonyl (C=O) groups is 1. The van der Waals surface area contributed by atoms with Crippen LogP contribution in [0.2, 0.25) is 0 Å². The van der Waals surface area contributed by atoms with Gasteiger partial charge in [0.2, 0.25) is 5.78 Å². The number of ketones is 1. The number of fused-ring (bicyclic) bond motifs is 1. The van der Waals surface area contributed by atoms with E-state index in [4.69, 9.17) is 0 Å². The van der Waals surface area contributed by atoms with Gasteiger partial charge >= 0.3 is 0 Å². The first-order valence-corrected chi connectivity index (χ1v) is 8.75. The summed E-state index contributed by atoms with van der Waals surface area (Å²) in [5.41, 5.74) is 3.65. The molecule has 0 aliphatic carbocycles. The zero-order valence-corrected chi connectivity index (χ0v) is 15.2. The Balaban J connectivity index is 1.82. The second kappa shape index (κ2) is 6.13. The van der Waals surface area contributed by atoms with E-state index in [0.717, 1.165) is 26.6 Å². The van der Waals surface area contributed by atoms with Gasteiger partial charge in [-0.05, 0) is 47.2 Å². The molecule has 3 rings (SSSR count). The average molecular weight is 406 g/mol. The van der Waals surface area contributed by atoms with Crippen molar-refractivity contribution >= 4 is 28.4 Å². The predicted molar refractivity (Wildman–Crippen MR) is 97.9 cm³/mol. The third kappa shape index (κ3) is 3.10. The number of hydrogen-bond acceptors (Lipinski definition) is 1. The summed E-state index contributed by atoms with van der Waals surface area (Å²) in [4.78, 5) is 12.7. The molecule has 0 radical (unpaired) electrons. The first kappa shape index (κ1) is 15.7. The molecule has 1 aliphatic heterocycles. The third-order valence-corrected chi connectivity index (χ3v) is 5.62. The SMILES string of the molecule is CC1Cc2ccccc2C[N+]1(C)CC(=O)c1ccc(I)cc1. The van der Waals surface area contributed by atoms with Gasteiger partial charge in [-0.3, -0.25) is 4.79 Å². The minimum absolute atomic E-state index is 0.241. The highest BCUT2D eigenvalue weighted by Crippen LogP contribution is 2.28. The van der Waals surface area contributed by atoms with Crippen molar-refractivity contribution in [2.75, 3.05) is 13.6 Å². The maximum atomic E-state index is 12.7. The molecular weight excluding hydrogens is 385 g/mol. The lowest BCUT2D eigenvalue weighted by molar-refractivity contribution is -0.938. The number of halogens is 1. The molecule has 2 unspecified atom stereocenters. The van der Waals surface area contributed by atoms with Crippen molar-refractivity contribution in [1.29, 1.82) is 0 Å². The molecular formula is C19H21INO+. The zero-order chi connectivity index (χ0) is 15.7. The number of likely N-dealkylation sites (N-methyl/N-ethyl adjacent to an activating group) is 1. The van der Waals surface area contributed by atoms with Crippen molar-refractivity contribution in [3.8, 4) is 0 Å². The van der Waals surface area contributed by atoms with Crippen LogP contribution >= 0.6 is 22.6 Å². The first-order chi connectivity index (χ1) is 10.5. The summed E-state index contributed by atoms with van der Waals surface area (Å²) in [5, 5.41) is 0.